The first-order chi connectivity index (χ1) is 7.62. The molecule has 0 saturated carbocycles. The molecule has 0 radical (unpaired) electrons. The summed E-state index contributed by atoms with van der Waals surface area (Å²) in [7, 11) is 4.56. The van der Waals surface area contributed by atoms with E-state index in [1.54, 1.807) is 0 Å². The Morgan fingerprint density at radius 1 is 1.35 bits per heavy atom. The third-order valence-electron chi connectivity index (χ3n) is 3.61. The lowest BCUT2D eigenvalue weighted by atomic mass is 9.85. The van der Waals surface area contributed by atoms with Crippen LogP contribution in [0.25, 0.3) is 0 Å². The molecule has 3 heteroatoms. The second-order valence-corrected chi connectivity index (χ2v) is 7.25. The van der Waals surface area contributed by atoms with Gasteiger partial charge in [-0.25, -0.2) is 0 Å². The van der Waals surface area contributed by atoms with Crippen LogP contribution < -0.4 is 0 Å². The van der Waals surface area contributed by atoms with Gasteiger partial charge >= 0.3 is 0 Å². The fourth-order valence-corrected chi connectivity index (χ4v) is 2.49. The van der Waals surface area contributed by atoms with Gasteiger partial charge < -0.3 is 9.22 Å². The monoisotopic (exact) mass is 238 g/mol. The molecule has 0 aromatic rings. The van der Waals surface area contributed by atoms with Crippen molar-refractivity contribution in [1.82, 2.24) is 0 Å². The molecule has 1 aliphatic heterocycles. The Bertz CT molecular complexity index is 291. The molecule has 0 N–H and O–H groups in total. The molecule has 0 bridgehead atoms. The highest BCUT2D eigenvalue weighted by Gasteiger charge is 2.40. The normalized spacial score (nSPS) is 34.5. The fourth-order valence-electron chi connectivity index (χ4n) is 2.49. The van der Waals surface area contributed by atoms with E-state index in [0.29, 0.717) is 12.1 Å². The highest BCUT2D eigenvalue weighted by molar-refractivity contribution is 6.11. The minimum Gasteiger partial charge on any atom is -0.372 e. The number of quaternary nitrogens is 1. The lowest BCUT2D eigenvalue weighted by molar-refractivity contribution is -0.917. The van der Waals surface area contributed by atoms with Gasteiger partial charge in [0.2, 0.25) is 0 Å². The summed E-state index contributed by atoms with van der Waals surface area (Å²) in [5, 5.41) is 0. The average Bonchev–Trinajstić information content (AvgIpc) is 2.12. The molecule has 3 unspecified atom stereocenters. The van der Waals surface area contributed by atoms with Gasteiger partial charge in [0, 0.05) is 0 Å². The molecule has 1 rings (SSSR count). The van der Waals surface area contributed by atoms with Gasteiger partial charge in [0.25, 0.3) is 0 Å². The van der Waals surface area contributed by atoms with Gasteiger partial charge in [0.1, 0.15) is 20.5 Å². The van der Waals surface area contributed by atoms with Crippen molar-refractivity contribution in [3.63, 3.8) is 0 Å². The molecule has 1 fully saturated rings. The van der Waals surface area contributed by atoms with Gasteiger partial charge in [0.05, 0.1) is 26.1 Å². The first kappa shape index (κ1) is 14.8. The molecular formula is C14H29BNO+. The summed E-state index contributed by atoms with van der Waals surface area (Å²) < 4.78 is 7.22. The number of hydrogen-bond acceptors (Lipinski definition) is 1. The van der Waals surface area contributed by atoms with Gasteiger partial charge in [-0.15, -0.1) is 0 Å². The first-order valence-corrected chi connectivity index (χ1v) is 6.75. The van der Waals surface area contributed by atoms with Crippen molar-refractivity contribution in [3.05, 3.63) is 11.6 Å². The Hall–Kier alpha value is -0.275. The number of hydrogen-bond donors (Lipinski definition) is 0. The maximum atomic E-state index is 6.12. The molecule has 0 aromatic carbocycles. The van der Waals surface area contributed by atoms with Crippen molar-refractivity contribution in [3.8, 4) is 0 Å². The van der Waals surface area contributed by atoms with Crippen LogP contribution in [0, 0.1) is 5.41 Å². The standard InChI is InChI=1S/C14H29BNO/c1-11(2)7-8-16(6)9-12(14(3,4)5)17-13(15)10-16/h7,12-13H,8-10,15H2,1-6H3/q+1. The van der Waals surface area contributed by atoms with E-state index in [-0.39, 0.29) is 5.41 Å². The maximum Gasteiger partial charge on any atom is 0.146 e. The van der Waals surface area contributed by atoms with E-state index in [9.17, 15) is 0 Å². The van der Waals surface area contributed by atoms with E-state index in [0.717, 1.165) is 24.1 Å². The first-order valence-electron chi connectivity index (χ1n) is 6.75. The van der Waals surface area contributed by atoms with Crippen LogP contribution in [0.5, 0.6) is 0 Å². The van der Waals surface area contributed by atoms with Crippen LogP contribution in [0.2, 0.25) is 0 Å². The number of morpholine rings is 1. The topological polar surface area (TPSA) is 9.23 Å². The van der Waals surface area contributed by atoms with E-state index in [4.69, 9.17) is 4.74 Å². The number of rotatable bonds is 2. The summed E-state index contributed by atoms with van der Waals surface area (Å²) in [6.07, 6.45) is 2.72. The molecule has 3 atom stereocenters. The summed E-state index contributed by atoms with van der Waals surface area (Å²) in [4.78, 5) is 0. The predicted molar refractivity (Wildman–Crippen MR) is 76.9 cm³/mol. The van der Waals surface area contributed by atoms with Crippen LogP contribution in [0.1, 0.15) is 34.6 Å². The van der Waals surface area contributed by atoms with E-state index in [1.807, 2.05) is 0 Å². The number of nitrogens with zero attached hydrogens (tertiary/aromatic N) is 1. The minimum absolute atomic E-state index is 0.235. The molecule has 0 spiro atoms. The lowest BCUT2D eigenvalue weighted by Crippen LogP contribution is -2.61. The van der Waals surface area contributed by atoms with E-state index in [2.05, 4.69) is 55.6 Å². The largest absolute Gasteiger partial charge is 0.372 e. The Kier molecular flexibility index (Phi) is 4.48. The Morgan fingerprint density at radius 3 is 2.41 bits per heavy atom. The number of likely N-dealkylation sites (N-methyl/N-ethyl adjacent to an activating group) is 1. The smallest absolute Gasteiger partial charge is 0.146 e. The molecule has 1 saturated heterocycles. The molecular weight excluding hydrogens is 209 g/mol. The van der Waals surface area contributed by atoms with E-state index >= 15 is 0 Å². The average molecular weight is 238 g/mol. The molecule has 1 aliphatic rings. The zero-order valence-electron chi connectivity index (χ0n) is 12.7. The number of allylic oxidation sites excluding steroid dienone is 1. The highest BCUT2D eigenvalue weighted by atomic mass is 16.5. The molecule has 1 heterocycles. The van der Waals surface area contributed by atoms with Crippen molar-refractivity contribution in [2.45, 2.75) is 46.7 Å². The molecule has 0 aliphatic carbocycles. The molecule has 17 heavy (non-hydrogen) atoms. The minimum atomic E-state index is 0.235. The zero-order chi connectivity index (χ0) is 13.3. The lowest BCUT2D eigenvalue weighted by Gasteiger charge is -2.47. The summed E-state index contributed by atoms with van der Waals surface area (Å²) in [5.41, 5.74) is 1.65. The van der Waals surface area contributed by atoms with Gasteiger partial charge in [-0.2, -0.15) is 0 Å². The summed E-state index contributed by atoms with van der Waals surface area (Å²) in [6.45, 7) is 14.6. The van der Waals surface area contributed by atoms with Crippen molar-refractivity contribution < 1.29 is 9.22 Å². The van der Waals surface area contributed by atoms with Crippen LogP contribution >= 0.6 is 0 Å². The number of ether oxygens (including phenoxy) is 1. The van der Waals surface area contributed by atoms with Crippen LogP contribution in [0.15, 0.2) is 11.6 Å². The van der Waals surface area contributed by atoms with Gasteiger partial charge in [-0.3, -0.25) is 0 Å². The van der Waals surface area contributed by atoms with E-state index < -0.39 is 0 Å². The van der Waals surface area contributed by atoms with Crippen LogP contribution in [0.3, 0.4) is 0 Å². The Morgan fingerprint density at radius 2 is 1.94 bits per heavy atom. The third-order valence-corrected chi connectivity index (χ3v) is 3.61. The van der Waals surface area contributed by atoms with Gasteiger partial charge in [-0.1, -0.05) is 26.3 Å². The van der Waals surface area contributed by atoms with Gasteiger partial charge in [-0.05, 0) is 25.3 Å². The van der Waals surface area contributed by atoms with E-state index in [1.165, 1.54) is 5.57 Å². The second kappa shape index (κ2) is 5.15. The summed E-state index contributed by atoms with van der Waals surface area (Å²) in [5.74, 6) is 0. The summed E-state index contributed by atoms with van der Waals surface area (Å²) in [6, 6.07) is 0.364. The fraction of sp³-hybridized carbons (Fsp3) is 0.857. The summed E-state index contributed by atoms with van der Waals surface area (Å²) >= 11 is 0. The van der Waals surface area contributed by atoms with Crippen molar-refractivity contribution in [2.24, 2.45) is 5.41 Å². The maximum absolute atomic E-state index is 6.12. The molecule has 98 valence electrons. The zero-order valence-corrected chi connectivity index (χ0v) is 12.7. The van der Waals surface area contributed by atoms with Crippen LogP contribution in [-0.2, 0) is 4.74 Å². The predicted octanol–water partition coefficient (Wildman–Crippen LogP) is 1.80. The van der Waals surface area contributed by atoms with Gasteiger partial charge in [0.15, 0.2) is 0 Å². The molecule has 0 aromatic heterocycles. The van der Waals surface area contributed by atoms with Crippen molar-refractivity contribution >= 4 is 7.85 Å². The molecule has 2 nitrogen and oxygen atoms in total. The van der Waals surface area contributed by atoms with Crippen LogP contribution in [0.4, 0.5) is 0 Å². The Labute approximate surface area is 108 Å². The van der Waals surface area contributed by atoms with Crippen LogP contribution in [-0.4, -0.2) is 51.1 Å². The second-order valence-electron chi connectivity index (χ2n) is 7.25. The highest BCUT2D eigenvalue weighted by Crippen LogP contribution is 2.29. The SMILES string of the molecule is BC1C[N+](C)(CC=C(C)C)CC(C(C)(C)C)O1. The quantitative estimate of drug-likeness (QED) is 0.405. The third kappa shape index (κ3) is 4.48. The Balaban J connectivity index is 2.76. The van der Waals surface area contributed by atoms with Crippen molar-refractivity contribution in [1.29, 1.82) is 0 Å². The van der Waals surface area contributed by atoms with Crippen molar-refractivity contribution in [2.75, 3.05) is 26.7 Å². The molecule has 0 amide bonds.